The largest absolute Gasteiger partial charge is 0.337 e. The van der Waals surface area contributed by atoms with Crippen LogP contribution < -0.4 is 10.6 Å². The number of nitrogens with one attached hydrogen (secondary N) is 2. The molecule has 90 valence electrons. The molecule has 7 heteroatoms. The van der Waals surface area contributed by atoms with Crippen molar-refractivity contribution in [3.63, 3.8) is 0 Å². The monoisotopic (exact) mass is 237 g/mol. The summed E-state index contributed by atoms with van der Waals surface area (Å²) in [7, 11) is 0.419. The van der Waals surface area contributed by atoms with Gasteiger partial charge in [-0.15, -0.1) is 0 Å². The maximum atomic E-state index is 11.0. The molecule has 6 nitrogen and oxygen atoms in total. The van der Waals surface area contributed by atoms with Crippen LogP contribution in [0.15, 0.2) is 0 Å². The highest BCUT2D eigenvalue weighted by Crippen LogP contribution is 1.79. The van der Waals surface area contributed by atoms with Crippen molar-refractivity contribution in [3.05, 3.63) is 0 Å². The molecule has 0 radical (unpaired) electrons. The third-order valence-electron chi connectivity index (χ3n) is 1.63. The van der Waals surface area contributed by atoms with Crippen LogP contribution in [0.2, 0.25) is 0 Å². The Balaban J connectivity index is 3.37. The fourth-order valence-electron chi connectivity index (χ4n) is 0.798. The summed E-state index contributed by atoms with van der Waals surface area (Å²) in [5.41, 5.74) is 0. The normalized spacial score (nSPS) is 11.1. The molecule has 0 aliphatic heterocycles. The van der Waals surface area contributed by atoms with Gasteiger partial charge in [-0.2, -0.15) is 0 Å². The first-order valence-electron chi connectivity index (χ1n) is 4.66. The van der Waals surface area contributed by atoms with Crippen LogP contribution in [-0.2, 0) is 9.84 Å². The molecule has 15 heavy (non-hydrogen) atoms. The number of amides is 2. The van der Waals surface area contributed by atoms with Gasteiger partial charge in [0.1, 0.15) is 9.84 Å². The number of nitrogens with zero attached hydrogens (tertiary/aromatic N) is 1. The van der Waals surface area contributed by atoms with Crippen LogP contribution in [0.1, 0.15) is 0 Å². The third-order valence-corrected chi connectivity index (χ3v) is 2.58. The Morgan fingerprint density at radius 1 is 1.20 bits per heavy atom. The molecule has 0 bridgehead atoms. The number of hydrogen-bond acceptors (Lipinski definition) is 4. The molecule has 0 aromatic heterocycles. The van der Waals surface area contributed by atoms with Gasteiger partial charge in [0.2, 0.25) is 0 Å². The predicted octanol–water partition coefficient (Wildman–Crippen LogP) is -1.11. The molecule has 0 fully saturated rings. The molecular formula is C8H19N3O3S. The minimum Gasteiger partial charge on any atom is -0.337 e. The molecule has 0 unspecified atom stereocenters. The van der Waals surface area contributed by atoms with E-state index in [1.807, 2.05) is 0 Å². The van der Waals surface area contributed by atoms with Crippen LogP contribution in [-0.4, -0.2) is 65.1 Å². The van der Waals surface area contributed by atoms with Gasteiger partial charge in [-0.3, -0.25) is 0 Å². The number of rotatable bonds is 6. The van der Waals surface area contributed by atoms with Crippen LogP contribution in [0.25, 0.3) is 0 Å². The van der Waals surface area contributed by atoms with Crippen LogP contribution in [0, 0.1) is 0 Å². The van der Waals surface area contributed by atoms with Gasteiger partial charge in [0, 0.05) is 40.0 Å². The van der Waals surface area contributed by atoms with Crippen molar-refractivity contribution in [3.8, 4) is 0 Å². The van der Waals surface area contributed by atoms with E-state index < -0.39 is 9.84 Å². The molecule has 2 N–H and O–H groups in total. The van der Waals surface area contributed by atoms with E-state index in [4.69, 9.17) is 0 Å². The molecule has 0 atom stereocenters. The van der Waals surface area contributed by atoms with Crippen molar-refractivity contribution in [1.82, 2.24) is 15.5 Å². The quantitative estimate of drug-likeness (QED) is 0.574. The molecule has 2 amide bonds. The first-order chi connectivity index (χ1) is 6.83. The lowest BCUT2D eigenvalue weighted by molar-refractivity contribution is 0.217. The summed E-state index contributed by atoms with van der Waals surface area (Å²) in [4.78, 5) is 12.5. The van der Waals surface area contributed by atoms with Crippen molar-refractivity contribution in [2.24, 2.45) is 0 Å². The van der Waals surface area contributed by atoms with E-state index >= 15 is 0 Å². The predicted molar refractivity (Wildman–Crippen MR) is 59.7 cm³/mol. The van der Waals surface area contributed by atoms with E-state index in [2.05, 4.69) is 10.6 Å². The summed E-state index contributed by atoms with van der Waals surface area (Å²) >= 11 is 0. The average molecular weight is 237 g/mol. The van der Waals surface area contributed by atoms with Crippen LogP contribution >= 0.6 is 0 Å². The molecule has 0 aliphatic rings. The van der Waals surface area contributed by atoms with Gasteiger partial charge in [0.15, 0.2) is 0 Å². The van der Waals surface area contributed by atoms with Crippen molar-refractivity contribution in [2.75, 3.05) is 45.7 Å². The minimum absolute atomic E-state index is 0.120. The first kappa shape index (κ1) is 14.2. The second kappa shape index (κ2) is 6.62. The van der Waals surface area contributed by atoms with Gasteiger partial charge in [-0.1, -0.05) is 0 Å². The molecule has 0 saturated carbocycles. The van der Waals surface area contributed by atoms with Crippen LogP contribution in [0.4, 0.5) is 4.79 Å². The highest BCUT2D eigenvalue weighted by molar-refractivity contribution is 7.90. The Morgan fingerprint density at radius 3 is 2.27 bits per heavy atom. The highest BCUT2D eigenvalue weighted by Gasteiger charge is 2.02. The first-order valence-corrected chi connectivity index (χ1v) is 6.72. The Kier molecular flexibility index (Phi) is 6.26. The van der Waals surface area contributed by atoms with Gasteiger partial charge in [-0.05, 0) is 0 Å². The summed E-state index contributed by atoms with van der Waals surface area (Å²) in [5.74, 6) is 0.120. The summed E-state index contributed by atoms with van der Waals surface area (Å²) in [6, 6.07) is -0.153. The molecule has 0 aromatic carbocycles. The van der Waals surface area contributed by atoms with E-state index in [0.717, 1.165) is 0 Å². The minimum atomic E-state index is -2.90. The summed E-state index contributed by atoms with van der Waals surface area (Å²) in [5, 5.41) is 5.58. The van der Waals surface area contributed by atoms with Gasteiger partial charge in [0.25, 0.3) is 0 Å². The number of carbonyl (C=O) groups is 1. The average Bonchev–Trinajstić information content (AvgIpc) is 2.08. The molecule has 0 heterocycles. The zero-order chi connectivity index (χ0) is 11.9. The maximum absolute atomic E-state index is 11.0. The Bertz CT molecular complexity index is 288. The van der Waals surface area contributed by atoms with Crippen molar-refractivity contribution in [1.29, 1.82) is 0 Å². The molecule has 0 spiro atoms. The van der Waals surface area contributed by atoms with Crippen molar-refractivity contribution >= 4 is 15.9 Å². The zero-order valence-corrected chi connectivity index (χ0v) is 10.2. The topological polar surface area (TPSA) is 78.5 Å². The lowest BCUT2D eigenvalue weighted by atomic mass is 10.6. The number of hydrogen-bond donors (Lipinski definition) is 2. The second-order valence-electron chi connectivity index (χ2n) is 3.51. The molecular weight excluding hydrogens is 218 g/mol. The second-order valence-corrected chi connectivity index (χ2v) is 5.77. The summed E-state index contributed by atoms with van der Waals surface area (Å²) in [6.45, 7) is 1.46. The summed E-state index contributed by atoms with van der Waals surface area (Å²) < 4.78 is 21.5. The molecule has 0 aliphatic carbocycles. The van der Waals surface area contributed by atoms with Gasteiger partial charge in [-0.25, -0.2) is 13.2 Å². The van der Waals surface area contributed by atoms with E-state index in [-0.39, 0.29) is 11.8 Å². The van der Waals surface area contributed by atoms with E-state index in [0.29, 0.717) is 19.6 Å². The highest BCUT2D eigenvalue weighted by atomic mass is 32.2. The number of carbonyl (C=O) groups excluding carboxylic acids is 1. The smallest absolute Gasteiger partial charge is 0.316 e. The van der Waals surface area contributed by atoms with Crippen molar-refractivity contribution in [2.45, 2.75) is 0 Å². The van der Waals surface area contributed by atoms with Gasteiger partial charge < -0.3 is 15.5 Å². The number of urea groups is 1. The SMILES string of the molecule is CN(C)C(=O)NCCNCCS(C)(=O)=O. The standard InChI is InChI=1S/C8H19N3O3S/c1-11(2)8(12)10-5-4-9-6-7-15(3,13)14/h9H,4-7H2,1-3H3,(H,10,12). The van der Waals surface area contributed by atoms with E-state index in [9.17, 15) is 13.2 Å². The zero-order valence-electron chi connectivity index (χ0n) is 9.41. The van der Waals surface area contributed by atoms with Gasteiger partial charge in [0.05, 0.1) is 5.75 Å². The Morgan fingerprint density at radius 2 is 1.80 bits per heavy atom. The van der Waals surface area contributed by atoms with E-state index in [1.165, 1.54) is 11.2 Å². The summed E-state index contributed by atoms with van der Waals surface area (Å²) in [6.07, 6.45) is 1.20. The lowest BCUT2D eigenvalue weighted by Crippen LogP contribution is -2.39. The van der Waals surface area contributed by atoms with Gasteiger partial charge >= 0.3 is 6.03 Å². The lowest BCUT2D eigenvalue weighted by Gasteiger charge is -2.11. The van der Waals surface area contributed by atoms with Crippen LogP contribution in [0.5, 0.6) is 0 Å². The van der Waals surface area contributed by atoms with E-state index in [1.54, 1.807) is 14.1 Å². The fraction of sp³-hybridized carbons (Fsp3) is 0.875. The Hall–Kier alpha value is -0.820. The fourth-order valence-corrected chi connectivity index (χ4v) is 1.31. The molecule has 0 saturated heterocycles. The Labute approximate surface area is 90.9 Å². The van der Waals surface area contributed by atoms with Crippen LogP contribution in [0.3, 0.4) is 0 Å². The molecule has 0 rings (SSSR count). The maximum Gasteiger partial charge on any atom is 0.316 e. The number of sulfone groups is 1. The molecule has 0 aromatic rings. The third kappa shape index (κ3) is 9.48. The van der Waals surface area contributed by atoms with Crippen molar-refractivity contribution < 1.29 is 13.2 Å².